The summed E-state index contributed by atoms with van der Waals surface area (Å²) in [5.41, 5.74) is 0.991. The van der Waals surface area contributed by atoms with Crippen molar-refractivity contribution in [1.29, 1.82) is 0 Å². The molecule has 1 fully saturated rings. The van der Waals surface area contributed by atoms with Crippen LogP contribution in [0.2, 0.25) is 0 Å². The van der Waals surface area contributed by atoms with Gasteiger partial charge in [-0.15, -0.1) is 10.2 Å². The summed E-state index contributed by atoms with van der Waals surface area (Å²) in [6.45, 7) is 8.35. The molecular formula is C19H28N6OS. The van der Waals surface area contributed by atoms with E-state index in [-0.39, 0.29) is 5.91 Å². The van der Waals surface area contributed by atoms with Crippen molar-refractivity contribution in [3.8, 4) is 11.4 Å². The third-order valence-corrected chi connectivity index (χ3v) is 5.80. The molecule has 1 amide bonds. The topological polar surface area (TPSA) is 75.9 Å². The number of thioether (sulfide) groups is 1. The number of aromatic nitrogens is 4. The van der Waals surface area contributed by atoms with Gasteiger partial charge < -0.3 is 14.8 Å². The molecule has 1 aliphatic rings. The molecule has 0 bridgehead atoms. The van der Waals surface area contributed by atoms with Crippen LogP contribution in [0.25, 0.3) is 11.4 Å². The zero-order valence-electron chi connectivity index (χ0n) is 16.1. The molecule has 3 heterocycles. The van der Waals surface area contributed by atoms with Crippen molar-refractivity contribution in [3.63, 3.8) is 0 Å². The number of pyridine rings is 1. The Morgan fingerprint density at radius 2 is 1.96 bits per heavy atom. The van der Waals surface area contributed by atoms with Crippen LogP contribution in [-0.2, 0) is 11.3 Å². The second-order valence-corrected chi connectivity index (χ2v) is 7.70. The molecule has 1 N–H and O–H groups in total. The lowest BCUT2D eigenvalue weighted by Crippen LogP contribution is -2.45. The Morgan fingerprint density at radius 3 is 2.63 bits per heavy atom. The molecule has 0 unspecified atom stereocenters. The van der Waals surface area contributed by atoms with Crippen molar-refractivity contribution >= 4 is 17.7 Å². The first kappa shape index (κ1) is 19.8. The number of carbonyl (C=O) groups excluding carboxylic acids is 1. The van der Waals surface area contributed by atoms with Crippen molar-refractivity contribution in [3.05, 3.63) is 24.5 Å². The van der Waals surface area contributed by atoms with E-state index in [0.29, 0.717) is 11.8 Å². The number of hydrogen-bond donors (Lipinski definition) is 1. The van der Waals surface area contributed by atoms with E-state index in [4.69, 9.17) is 0 Å². The van der Waals surface area contributed by atoms with Crippen molar-refractivity contribution < 1.29 is 4.79 Å². The highest BCUT2D eigenvalue weighted by Gasteiger charge is 2.20. The van der Waals surface area contributed by atoms with Gasteiger partial charge in [0.2, 0.25) is 5.91 Å². The first-order valence-electron chi connectivity index (χ1n) is 9.69. The molecule has 0 aliphatic carbocycles. The van der Waals surface area contributed by atoms with Gasteiger partial charge in [0.1, 0.15) is 0 Å². The van der Waals surface area contributed by atoms with E-state index in [1.54, 1.807) is 12.4 Å². The van der Waals surface area contributed by atoms with Gasteiger partial charge in [-0.2, -0.15) is 0 Å². The first-order valence-corrected chi connectivity index (χ1v) is 10.7. The average molecular weight is 389 g/mol. The van der Waals surface area contributed by atoms with Crippen LogP contribution in [-0.4, -0.2) is 62.0 Å². The van der Waals surface area contributed by atoms with E-state index in [2.05, 4.69) is 43.8 Å². The maximum atomic E-state index is 12.4. The Hall–Kier alpha value is -1.93. The van der Waals surface area contributed by atoms with Crippen LogP contribution in [0.1, 0.15) is 33.1 Å². The van der Waals surface area contributed by atoms with Gasteiger partial charge in [0.25, 0.3) is 0 Å². The normalized spacial score (nSPS) is 15.8. The van der Waals surface area contributed by atoms with Crippen LogP contribution in [0, 0.1) is 0 Å². The molecule has 1 saturated heterocycles. The number of piperidine rings is 1. The van der Waals surface area contributed by atoms with Gasteiger partial charge in [-0.3, -0.25) is 9.78 Å². The van der Waals surface area contributed by atoms with Gasteiger partial charge in [-0.05, 0) is 37.9 Å². The molecule has 2 aromatic heterocycles. The third-order valence-electron chi connectivity index (χ3n) is 4.83. The summed E-state index contributed by atoms with van der Waals surface area (Å²) in [5, 5.41) is 12.6. The molecule has 8 heteroatoms. The minimum absolute atomic E-state index is 0.0754. The van der Waals surface area contributed by atoms with E-state index < -0.39 is 0 Å². The Bertz CT molecular complexity index is 727. The monoisotopic (exact) mass is 388 g/mol. The molecule has 7 nitrogen and oxygen atoms in total. The van der Waals surface area contributed by atoms with E-state index in [0.717, 1.165) is 62.0 Å². The molecule has 0 atom stereocenters. The molecule has 2 aromatic rings. The number of rotatable bonds is 8. The van der Waals surface area contributed by atoms with Gasteiger partial charge in [-0.25, -0.2) is 0 Å². The number of nitrogens with one attached hydrogen (secondary N) is 1. The van der Waals surface area contributed by atoms with Gasteiger partial charge in [-0.1, -0.05) is 25.6 Å². The van der Waals surface area contributed by atoms with E-state index in [1.165, 1.54) is 11.8 Å². The molecule has 0 spiro atoms. The van der Waals surface area contributed by atoms with Crippen molar-refractivity contribution in [1.82, 2.24) is 30.0 Å². The minimum Gasteiger partial charge on any atom is -0.353 e. The lowest BCUT2D eigenvalue weighted by atomic mass is 10.1. The van der Waals surface area contributed by atoms with E-state index >= 15 is 0 Å². The van der Waals surface area contributed by atoms with Crippen molar-refractivity contribution in [2.45, 2.75) is 50.9 Å². The fourth-order valence-electron chi connectivity index (χ4n) is 3.33. The fraction of sp³-hybridized carbons (Fsp3) is 0.579. The van der Waals surface area contributed by atoms with Crippen LogP contribution in [0.4, 0.5) is 0 Å². The molecular weight excluding hydrogens is 360 g/mol. The highest BCUT2D eigenvalue weighted by atomic mass is 32.2. The summed E-state index contributed by atoms with van der Waals surface area (Å²) >= 11 is 1.46. The molecule has 3 rings (SSSR count). The van der Waals surface area contributed by atoms with Gasteiger partial charge >= 0.3 is 0 Å². The predicted molar refractivity (Wildman–Crippen MR) is 108 cm³/mol. The lowest BCUT2D eigenvalue weighted by molar-refractivity contribution is -0.119. The van der Waals surface area contributed by atoms with Crippen LogP contribution >= 0.6 is 11.8 Å². The molecule has 0 aromatic carbocycles. The van der Waals surface area contributed by atoms with E-state index in [1.807, 2.05) is 12.1 Å². The summed E-state index contributed by atoms with van der Waals surface area (Å²) < 4.78 is 2.09. The average Bonchev–Trinajstić information content (AvgIpc) is 3.10. The second kappa shape index (κ2) is 9.85. The lowest BCUT2D eigenvalue weighted by Gasteiger charge is -2.31. The Kier molecular flexibility index (Phi) is 7.23. The molecule has 146 valence electrons. The Morgan fingerprint density at radius 1 is 1.22 bits per heavy atom. The largest absolute Gasteiger partial charge is 0.353 e. The smallest absolute Gasteiger partial charge is 0.230 e. The van der Waals surface area contributed by atoms with Gasteiger partial charge in [0, 0.05) is 43.6 Å². The maximum Gasteiger partial charge on any atom is 0.230 e. The quantitative estimate of drug-likeness (QED) is 0.700. The molecule has 0 saturated carbocycles. The first-order chi connectivity index (χ1) is 13.2. The number of likely N-dealkylation sites (tertiary alicyclic amines) is 1. The van der Waals surface area contributed by atoms with Crippen molar-refractivity contribution in [2.75, 3.05) is 25.4 Å². The SMILES string of the molecule is CCCn1c(SCC(=O)NC2CCN(CC)CC2)nnc1-c1ccncc1. The summed E-state index contributed by atoms with van der Waals surface area (Å²) in [4.78, 5) is 18.9. The van der Waals surface area contributed by atoms with Gasteiger partial charge in [0.05, 0.1) is 5.75 Å². The number of nitrogens with zero attached hydrogens (tertiary/aromatic N) is 5. The second-order valence-electron chi connectivity index (χ2n) is 6.76. The zero-order chi connectivity index (χ0) is 19.1. The third kappa shape index (κ3) is 5.29. The Balaban J connectivity index is 1.57. The standard InChI is InChI=1S/C19H28N6OS/c1-3-11-25-18(15-5-9-20-10-6-15)22-23-19(25)27-14-17(26)21-16-7-12-24(4-2)13-8-16/h5-6,9-10,16H,3-4,7-8,11-14H2,1-2H3,(H,21,26). The molecule has 0 radical (unpaired) electrons. The maximum absolute atomic E-state index is 12.4. The van der Waals surface area contributed by atoms with Gasteiger partial charge in [0.15, 0.2) is 11.0 Å². The highest BCUT2D eigenvalue weighted by Crippen LogP contribution is 2.24. The number of hydrogen-bond acceptors (Lipinski definition) is 6. The highest BCUT2D eigenvalue weighted by molar-refractivity contribution is 7.99. The summed E-state index contributed by atoms with van der Waals surface area (Å²) in [6.07, 6.45) is 6.55. The van der Waals surface area contributed by atoms with Crippen LogP contribution in [0.3, 0.4) is 0 Å². The predicted octanol–water partition coefficient (Wildman–Crippen LogP) is 2.44. The summed E-state index contributed by atoms with van der Waals surface area (Å²) in [6, 6.07) is 4.15. The summed E-state index contributed by atoms with van der Waals surface area (Å²) in [7, 11) is 0. The van der Waals surface area contributed by atoms with Crippen molar-refractivity contribution in [2.24, 2.45) is 0 Å². The van der Waals surface area contributed by atoms with Crippen LogP contribution in [0.15, 0.2) is 29.7 Å². The number of carbonyl (C=O) groups is 1. The summed E-state index contributed by atoms with van der Waals surface area (Å²) in [5.74, 6) is 1.27. The minimum atomic E-state index is 0.0754. The number of amides is 1. The fourth-order valence-corrected chi connectivity index (χ4v) is 4.10. The molecule has 27 heavy (non-hydrogen) atoms. The van der Waals surface area contributed by atoms with Crippen LogP contribution < -0.4 is 5.32 Å². The Labute approximate surface area is 165 Å². The van der Waals surface area contributed by atoms with E-state index in [9.17, 15) is 4.79 Å². The van der Waals surface area contributed by atoms with Crippen LogP contribution in [0.5, 0.6) is 0 Å². The molecule has 1 aliphatic heterocycles. The zero-order valence-corrected chi connectivity index (χ0v) is 16.9.